The van der Waals surface area contributed by atoms with Gasteiger partial charge in [-0.25, -0.2) is 4.99 Å². The van der Waals surface area contributed by atoms with Crippen molar-refractivity contribution in [3.63, 3.8) is 0 Å². The van der Waals surface area contributed by atoms with Crippen LogP contribution in [-0.2, 0) is 0 Å². The zero-order valence-electron chi connectivity index (χ0n) is 16.0. The van der Waals surface area contributed by atoms with E-state index in [9.17, 15) is 5.26 Å². The quantitative estimate of drug-likeness (QED) is 0.263. The second-order valence-corrected chi connectivity index (χ2v) is 6.96. The molecule has 1 aromatic rings. The molecule has 1 heterocycles. The third kappa shape index (κ3) is 5.54. The zero-order chi connectivity index (χ0) is 19.8. The van der Waals surface area contributed by atoms with Crippen LogP contribution in [0.25, 0.3) is 0 Å². The monoisotopic (exact) mass is 380 g/mol. The van der Waals surface area contributed by atoms with Crippen LogP contribution in [0.5, 0.6) is 0 Å². The third-order valence-corrected chi connectivity index (χ3v) is 4.73. The molecule has 0 N–H and O–H groups in total. The number of benzene rings is 1. The van der Waals surface area contributed by atoms with Gasteiger partial charge in [0.15, 0.2) is 0 Å². The Bertz CT molecular complexity index is 810. The van der Waals surface area contributed by atoms with Crippen molar-refractivity contribution < 1.29 is 0 Å². The molecule has 6 nitrogen and oxygen atoms in total. The van der Waals surface area contributed by atoms with Crippen molar-refractivity contribution in [3.05, 3.63) is 41.1 Å². The van der Waals surface area contributed by atoms with Gasteiger partial charge in [-0.1, -0.05) is 12.2 Å². The average Bonchev–Trinajstić information content (AvgIpc) is 2.93. The van der Waals surface area contributed by atoms with E-state index in [-0.39, 0.29) is 0 Å². The number of hydrogen-bond acceptors (Lipinski definition) is 5. The zero-order valence-corrected chi connectivity index (χ0v) is 16.8. The highest BCUT2D eigenvalue weighted by molar-refractivity contribution is 7.80. The molecular formula is C20H24N6S. The molecule has 27 heavy (non-hydrogen) atoms. The van der Waals surface area contributed by atoms with Crippen molar-refractivity contribution in [2.24, 2.45) is 4.99 Å². The standard InChI is InChI=1S/C20H24N6S/c1-16(19(14-22)20(27)23-15-24(2)3)25-9-4-10-26(12-11-25)18-7-5-17(13-21)6-8-18/h5-8,15H,4,9-12H2,1-3H3/b19-16-,23-15?. The van der Waals surface area contributed by atoms with Crippen molar-refractivity contribution in [2.75, 3.05) is 45.2 Å². The largest absolute Gasteiger partial charge is 0.372 e. The molecule has 1 aliphatic heterocycles. The molecule has 0 atom stereocenters. The molecule has 0 saturated carbocycles. The highest BCUT2D eigenvalue weighted by atomic mass is 32.1. The molecule has 1 aliphatic rings. The van der Waals surface area contributed by atoms with Gasteiger partial charge in [-0.15, -0.1) is 0 Å². The Morgan fingerprint density at radius 2 is 1.85 bits per heavy atom. The summed E-state index contributed by atoms with van der Waals surface area (Å²) in [6, 6.07) is 12.0. The van der Waals surface area contributed by atoms with E-state index in [0.717, 1.165) is 44.0 Å². The number of nitriles is 2. The van der Waals surface area contributed by atoms with E-state index in [0.29, 0.717) is 16.1 Å². The van der Waals surface area contributed by atoms with Gasteiger partial charge in [-0.3, -0.25) is 0 Å². The van der Waals surface area contributed by atoms with E-state index >= 15 is 0 Å². The molecule has 0 unspecified atom stereocenters. The molecule has 1 fully saturated rings. The number of aliphatic imine (C=N–C) groups is 1. The maximum atomic E-state index is 9.57. The van der Waals surface area contributed by atoms with Crippen LogP contribution in [0.15, 0.2) is 40.5 Å². The first-order valence-corrected chi connectivity index (χ1v) is 9.23. The van der Waals surface area contributed by atoms with Crippen LogP contribution in [0.2, 0.25) is 0 Å². The lowest BCUT2D eigenvalue weighted by Crippen LogP contribution is -2.30. The summed E-state index contributed by atoms with van der Waals surface area (Å²) < 4.78 is 0. The summed E-state index contributed by atoms with van der Waals surface area (Å²) in [6.07, 6.45) is 2.59. The number of rotatable bonds is 4. The van der Waals surface area contributed by atoms with Crippen LogP contribution in [0, 0.1) is 22.7 Å². The van der Waals surface area contributed by atoms with Crippen LogP contribution in [0.3, 0.4) is 0 Å². The minimum atomic E-state index is 0.317. The van der Waals surface area contributed by atoms with Crippen molar-refractivity contribution >= 4 is 29.2 Å². The van der Waals surface area contributed by atoms with Crippen molar-refractivity contribution in [1.29, 1.82) is 10.5 Å². The lowest BCUT2D eigenvalue weighted by atomic mass is 10.2. The van der Waals surface area contributed by atoms with Crippen molar-refractivity contribution in [1.82, 2.24) is 9.80 Å². The van der Waals surface area contributed by atoms with Crippen LogP contribution in [-0.4, -0.2) is 61.4 Å². The number of nitrogens with zero attached hydrogens (tertiary/aromatic N) is 6. The van der Waals surface area contributed by atoms with Gasteiger partial charge in [0.2, 0.25) is 0 Å². The summed E-state index contributed by atoms with van der Waals surface area (Å²) in [4.78, 5) is 10.8. The van der Waals surface area contributed by atoms with Crippen LogP contribution >= 0.6 is 12.2 Å². The Morgan fingerprint density at radius 3 is 2.44 bits per heavy atom. The Kier molecular flexibility index (Phi) is 7.34. The van der Waals surface area contributed by atoms with E-state index in [1.54, 1.807) is 11.2 Å². The maximum absolute atomic E-state index is 9.57. The topological polar surface area (TPSA) is 69.7 Å². The van der Waals surface area contributed by atoms with Crippen molar-refractivity contribution in [2.45, 2.75) is 13.3 Å². The summed E-state index contributed by atoms with van der Waals surface area (Å²) in [6.45, 7) is 5.38. The lowest BCUT2D eigenvalue weighted by Gasteiger charge is -2.26. The van der Waals surface area contributed by atoms with E-state index in [2.05, 4.69) is 26.9 Å². The summed E-state index contributed by atoms with van der Waals surface area (Å²) in [5, 5.41) is 18.5. The van der Waals surface area contributed by atoms with Gasteiger partial charge in [0.25, 0.3) is 0 Å². The molecule has 0 amide bonds. The van der Waals surface area contributed by atoms with Gasteiger partial charge in [0, 0.05) is 51.7 Å². The molecule has 0 aliphatic carbocycles. The fourth-order valence-electron chi connectivity index (χ4n) is 2.93. The van der Waals surface area contributed by atoms with Crippen LogP contribution in [0.1, 0.15) is 18.9 Å². The minimum Gasteiger partial charge on any atom is -0.372 e. The number of anilines is 1. The van der Waals surface area contributed by atoms with Gasteiger partial charge < -0.3 is 14.7 Å². The SMILES string of the molecule is C/C(=C(\C#N)C(=S)N=CN(C)C)N1CCCN(c2ccc(C#N)cc2)CC1. The third-order valence-electron chi connectivity index (χ3n) is 4.43. The average molecular weight is 381 g/mol. The van der Waals surface area contributed by atoms with Gasteiger partial charge in [-0.2, -0.15) is 10.5 Å². The Morgan fingerprint density at radius 1 is 1.15 bits per heavy atom. The first-order valence-electron chi connectivity index (χ1n) is 8.82. The van der Waals surface area contributed by atoms with Gasteiger partial charge in [-0.05, 0) is 37.6 Å². The number of thiocarbonyl (C=S) groups is 1. The maximum Gasteiger partial charge on any atom is 0.147 e. The van der Waals surface area contributed by atoms with Gasteiger partial charge >= 0.3 is 0 Å². The molecule has 7 heteroatoms. The predicted molar refractivity (Wildman–Crippen MR) is 113 cm³/mol. The Labute approximate surface area is 166 Å². The summed E-state index contributed by atoms with van der Waals surface area (Å²) in [5.41, 5.74) is 3.11. The molecule has 1 saturated heterocycles. The first kappa shape index (κ1) is 20.4. The molecule has 2 rings (SSSR count). The Balaban J connectivity index is 2.12. The highest BCUT2D eigenvalue weighted by Gasteiger charge is 2.19. The lowest BCUT2D eigenvalue weighted by molar-refractivity contribution is 0.369. The van der Waals surface area contributed by atoms with Crippen LogP contribution < -0.4 is 4.90 Å². The smallest absolute Gasteiger partial charge is 0.147 e. The van der Waals surface area contributed by atoms with E-state index in [4.69, 9.17) is 17.5 Å². The second kappa shape index (κ2) is 9.70. The normalized spacial score (nSPS) is 15.6. The van der Waals surface area contributed by atoms with Gasteiger partial charge in [0.05, 0.1) is 18.0 Å². The minimum absolute atomic E-state index is 0.317. The number of hydrogen-bond donors (Lipinski definition) is 0. The van der Waals surface area contributed by atoms with E-state index < -0.39 is 0 Å². The number of allylic oxidation sites excluding steroid dienone is 1. The van der Waals surface area contributed by atoms with Crippen molar-refractivity contribution in [3.8, 4) is 12.1 Å². The summed E-state index contributed by atoms with van der Waals surface area (Å²) in [5.74, 6) is 0. The molecule has 140 valence electrons. The molecule has 1 aromatic carbocycles. The summed E-state index contributed by atoms with van der Waals surface area (Å²) in [7, 11) is 3.72. The molecule has 0 aromatic heterocycles. The fraction of sp³-hybridized carbons (Fsp3) is 0.400. The van der Waals surface area contributed by atoms with Crippen LogP contribution in [0.4, 0.5) is 5.69 Å². The summed E-state index contributed by atoms with van der Waals surface area (Å²) >= 11 is 5.33. The molecular weight excluding hydrogens is 356 g/mol. The molecule has 0 radical (unpaired) electrons. The van der Waals surface area contributed by atoms with E-state index in [1.165, 1.54) is 0 Å². The molecule has 0 bridgehead atoms. The predicted octanol–water partition coefficient (Wildman–Crippen LogP) is 2.79. The fourth-order valence-corrected chi connectivity index (χ4v) is 3.17. The highest BCUT2D eigenvalue weighted by Crippen LogP contribution is 2.20. The second-order valence-electron chi connectivity index (χ2n) is 6.57. The van der Waals surface area contributed by atoms with Gasteiger partial charge in [0.1, 0.15) is 16.6 Å². The van der Waals surface area contributed by atoms with E-state index in [1.807, 2.05) is 45.3 Å². The Hall–Kier alpha value is -2.90. The first-order chi connectivity index (χ1) is 13.0. The molecule has 0 spiro atoms.